The fourth-order valence-electron chi connectivity index (χ4n) is 1.68. The zero-order chi connectivity index (χ0) is 14.5. The lowest BCUT2D eigenvalue weighted by molar-refractivity contribution is 0.318. The van der Waals surface area contributed by atoms with Crippen LogP contribution in [0.5, 0.6) is 11.5 Å². The number of hydrogen-bond donors (Lipinski definition) is 2. The summed E-state index contributed by atoms with van der Waals surface area (Å²) in [7, 11) is 0. The van der Waals surface area contributed by atoms with Crippen LogP contribution in [-0.2, 0) is 6.42 Å². The quantitative estimate of drug-likeness (QED) is 0.656. The third-order valence-corrected chi connectivity index (χ3v) is 2.90. The van der Waals surface area contributed by atoms with Crippen LogP contribution in [0, 0.1) is 4.77 Å². The molecule has 0 aliphatic carbocycles. The highest BCUT2D eigenvalue weighted by Crippen LogP contribution is 2.26. The van der Waals surface area contributed by atoms with Crippen molar-refractivity contribution in [3.8, 4) is 11.5 Å². The van der Waals surface area contributed by atoms with Gasteiger partial charge in [0.15, 0.2) is 17.3 Å². The molecule has 2 aromatic rings. The number of nitrogens with zero attached hydrogens (tertiary/aromatic N) is 3. The van der Waals surface area contributed by atoms with Crippen molar-refractivity contribution >= 4 is 18.4 Å². The van der Waals surface area contributed by atoms with Gasteiger partial charge in [-0.2, -0.15) is 14.9 Å². The molecule has 7 heteroatoms. The van der Waals surface area contributed by atoms with Crippen LogP contribution in [-0.4, -0.2) is 32.8 Å². The van der Waals surface area contributed by atoms with E-state index in [1.165, 1.54) is 0 Å². The second-order valence-corrected chi connectivity index (χ2v) is 4.40. The Morgan fingerprint density at radius 1 is 1.50 bits per heavy atom. The molecular formula is C13H16N4O2S. The predicted molar refractivity (Wildman–Crippen MR) is 79.1 cm³/mol. The molecule has 6 nitrogen and oxygen atoms in total. The molecule has 0 aliphatic rings. The van der Waals surface area contributed by atoms with Gasteiger partial charge in [0.2, 0.25) is 4.77 Å². The Morgan fingerprint density at radius 2 is 2.30 bits per heavy atom. The molecule has 0 saturated heterocycles. The molecule has 2 N–H and O–H groups in total. The number of benzene rings is 1. The Hall–Kier alpha value is -2.15. The van der Waals surface area contributed by atoms with Gasteiger partial charge in [0, 0.05) is 6.42 Å². The number of aromatic hydroxyl groups is 1. The number of aromatic amines is 1. The molecule has 0 amide bonds. The zero-order valence-electron chi connectivity index (χ0n) is 11.3. The van der Waals surface area contributed by atoms with Crippen LogP contribution < -0.4 is 4.74 Å². The second-order valence-electron chi connectivity index (χ2n) is 4.02. The van der Waals surface area contributed by atoms with Crippen LogP contribution in [0.2, 0.25) is 0 Å². The zero-order valence-corrected chi connectivity index (χ0v) is 12.1. The fraction of sp³-hybridized carbons (Fsp3) is 0.308. The molecule has 0 aliphatic heterocycles. The van der Waals surface area contributed by atoms with Crippen LogP contribution in [0.25, 0.3) is 0 Å². The van der Waals surface area contributed by atoms with Crippen molar-refractivity contribution in [1.29, 1.82) is 0 Å². The van der Waals surface area contributed by atoms with Crippen LogP contribution in [0.3, 0.4) is 0 Å². The van der Waals surface area contributed by atoms with Crippen molar-refractivity contribution in [3.05, 3.63) is 34.4 Å². The summed E-state index contributed by atoms with van der Waals surface area (Å²) in [5, 5.41) is 20.7. The third kappa shape index (κ3) is 3.05. The van der Waals surface area contributed by atoms with E-state index in [0.717, 1.165) is 17.8 Å². The van der Waals surface area contributed by atoms with E-state index in [4.69, 9.17) is 17.0 Å². The SMILES string of the molecule is CCOc1cc(/C=N/n2c(CC)n[nH]c2=S)ccc1O. The molecule has 0 spiro atoms. The van der Waals surface area contributed by atoms with Crippen molar-refractivity contribution in [2.75, 3.05) is 6.61 Å². The average Bonchev–Trinajstić information content (AvgIpc) is 2.80. The number of H-pyrrole nitrogens is 1. The minimum absolute atomic E-state index is 0.109. The van der Waals surface area contributed by atoms with Gasteiger partial charge in [-0.25, -0.2) is 0 Å². The summed E-state index contributed by atoms with van der Waals surface area (Å²) in [4.78, 5) is 0. The summed E-state index contributed by atoms with van der Waals surface area (Å²) < 4.78 is 7.34. The first-order valence-corrected chi connectivity index (χ1v) is 6.73. The highest BCUT2D eigenvalue weighted by atomic mass is 32.1. The molecule has 1 aromatic carbocycles. The molecule has 0 unspecified atom stereocenters. The maximum atomic E-state index is 9.64. The van der Waals surface area contributed by atoms with Crippen molar-refractivity contribution in [3.63, 3.8) is 0 Å². The van der Waals surface area contributed by atoms with Crippen molar-refractivity contribution < 1.29 is 9.84 Å². The number of hydrogen-bond acceptors (Lipinski definition) is 5. The van der Waals surface area contributed by atoms with Crippen LogP contribution >= 0.6 is 12.2 Å². The highest BCUT2D eigenvalue weighted by Gasteiger charge is 2.04. The van der Waals surface area contributed by atoms with Crippen LogP contribution in [0.1, 0.15) is 25.2 Å². The van der Waals surface area contributed by atoms with E-state index in [9.17, 15) is 5.11 Å². The summed E-state index contributed by atoms with van der Waals surface area (Å²) in [6, 6.07) is 5.04. The first-order chi connectivity index (χ1) is 9.65. The lowest BCUT2D eigenvalue weighted by Gasteiger charge is -2.06. The first-order valence-electron chi connectivity index (χ1n) is 6.32. The van der Waals surface area contributed by atoms with Gasteiger partial charge >= 0.3 is 0 Å². The number of aromatic nitrogens is 3. The van der Waals surface area contributed by atoms with E-state index in [1.54, 1.807) is 29.1 Å². The highest BCUT2D eigenvalue weighted by molar-refractivity contribution is 7.71. The maximum absolute atomic E-state index is 9.64. The van der Waals surface area contributed by atoms with Gasteiger partial charge in [-0.3, -0.25) is 5.10 Å². The van der Waals surface area contributed by atoms with Crippen LogP contribution in [0.4, 0.5) is 0 Å². The number of nitrogens with one attached hydrogen (secondary N) is 1. The minimum Gasteiger partial charge on any atom is -0.504 e. The Bertz CT molecular complexity index is 675. The van der Waals surface area contributed by atoms with E-state index >= 15 is 0 Å². The number of aryl methyl sites for hydroxylation is 1. The summed E-state index contributed by atoms with van der Waals surface area (Å²) in [6.07, 6.45) is 2.37. The average molecular weight is 292 g/mol. The van der Waals surface area contributed by atoms with E-state index < -0.39 is 0 Å². The van der Waals surface area contributed by atoms with E-state index in [2.05, 4.69) is 15.3 Å². The molecule has 0 saturated carbocycles. The van der Waals surface area contributed by atoms with E-state index in [-0.39, 0.29) is 5.75 Å². The summed E-state index contributed by atoms with van der Waals surface area (Å²) in [6.45, 7) is 4.32. The molecule has 1 aromatic heterocycles. The second kappa shape index (κ2) is 6.33. The van der Waals surface area contributed by atoms with E-state index in [0.29, 0.717) is 17.1 Å². The van der Waals surface area contributed by atoms with Crippen molar-refractivity contribution in [2.45, 2.75) is 20.3 Å². The lowest BCUT2D eigenvalue weighted by Crippen LogP contribution is -1.98. The number of phenols is 1. The van der Waals surface area contributed by atoms with Crippen LogP contribution in [0.15, 0.2) is 23.3 Å². The van der Waals surface area contributed by atoms with Gasteiger partial charge in [0.25, 0.3) is 0 Å². The normalized spacial score (nSPS) is 11.1. The van der Waals surface area contributed by atoms with Crippen molar-refractivity contribution in [2.24, 2.45) is 5.10 Å². The maximum Gasteiger partial charge on any atom is 0.216 e. The lowest BCUT2D eigenvalue weighted by atomic mass is 10.2. The number of ether oxygens (including phenoxy) is 1. The van der Waals surface area contributed by atoms with Gasteiger partial charge in [-0.1, -0.05) is 6.92 Å². The molecule has 0 atom stereocenters. The summed E-state index contributed by atoms with van der Waals surface area (Å²) >= 11 is 5.11. The van der Waals surface area contributed by atoms with Gasteiger partial charge in [-0.15, -0.1) is 0 Å². The van der Waals surface area contributed by atoms with Crippen molar-refractivity contribution in [1.82, 2.24) is 14.9 Å². The fourth-order valence-corrected chi connectivity index (χ4v) is 1.88. The van der Waals surface area contributed by atoms with Gasteiger partial charge in [0.1, 0.15) is 0 Å². The third-order valence-electron chi connectivity index (χ3n) is 2.64. The number of phenolic OH excluding ortho intramolecular Hbond substituents is 1. The van der Waals surface area contributed by atoms with E-state index in [1.807, 2.05) is 13.8 Å². The Kier molecular flexibility index (Phi) is 4.52. The molecule has 1 heterocycles. The molecule has 106 valence electrons. The molecule has 0 fully saturated rings. The van der Waals surface area contributed by atoms with Gasteiger partial charge in [-0.05, 0) is 42.9 Å². The standard InChI is InChI=1S/C13H16N4O2S/c1-3-12-15-16-13(20)17(12)14-8-9-5-6-10(18)11(7-9)19-4-2/h5-8,18H,3-4H2,1-2H3,(H,16,20)/b14-8+. The predicted octanol–water partition coefficient (Wildman–Crippen LogP) is 2.49. The van der Waals surface area contributed by atoms with Gasteiger partial charge in [0.05, 0.1) is 12.8 Å². The Morgan fingerprint density at radius 3 is 3.00 bits per heavy atom. The summed E-state index contributed by atoms with van der Waals surface area (Å²) in [5.41, 5.74) is 0.802. The molecule has 2 rings (SSSR count). The molecule has 0 bridgehead atoms. The number of rotatable bonds is 5. The summed E-state index contributed by atoms with van der Waals surface area (Å²) in [5.74, 6) is 1.30. The molecule has 0 radical (unpaired) electrons. The molecular weight excluding hydrogens is 276 g/mol. The minimum atomic E-state index is 0.109. The first kappa shape index (κ1) is 14.3. The molecule has 20 heavy (non-hydrogen) atoms. The monoisotopic (exact) mass is 292 g/mol. The topological polar surface area (TPSA) is 75.4 Å². The largest absolute Gasteiger partial charge is 0.504 e. The van der Waals surface area contributed by atoms with Gasteiger partial charge < -0.3 is 9.84 Å². The Labute approximate surface area is 121 Å². The smallest absolute Gasteiger partial charge is 0.216 e. The Balaban J connectivity index is 2.29.